The van der Waals surface area contributed by atoms with Gasteiger partial charge < -0.3 is 10.2 Å². The molecule has 3 rings (SSSR count). The average molecular weight is 581 g/mol. The van der Waals surface area contributed by atoms with Gasteiger partial charge in [0, 0.05) is 32.2 Å². The van der Waals surface area contributed by atoms with Crippen LogP contribution < -0.4 is 5.32 Å². The van der Waals surface area contributed by atoms with Gasteiger partial charge in [0.1, 0.15) is 0 Å². The molecule has 1 amide bonds. The quantitative estimate of drug-likeness (QED) is 0.464. The zero-order valence-corrected chi connectivity index (χ0v) is 23.7. The summed E-state index contributed by atoms with van der Waals surface area (Å²) in [4.78, 5) is 15.7. The van der Waals surface area contributed by atoms with Crippen molar-refractivity contribution in [3.05, 3.63) is 67.6 Å². The number of hydrogen-bond acceptors (Lipinski definition) is 4. The largest absolute Gasteiger partial charge is 0.351 e. The Morgan fingerprint density at radius 2 is 1.66 bits per heavy atom. The Labute approximate surface area is 227 Å². The fraction of sp³-hybridized carbons (Fsp3) is 0.458. The van der Waals surface area contributed by atoms with Gasteiger partial charge in [-0.2, -0.15) is 4.31 Å². The summed E-state index contributed by atoms with van der Waals surface area (Å²) in [7, 11) is -3.25. The smallest absolute Gasteiger partial charge is 0.230 e. The van der Waals surface area contributed by atoms with Gasteiger partial charge in [-0.1, -0.05) is 58.5 Å². The molecule has 0 spiro atoms. The third kappa shape index (κ3) is 7.04. The standard InChI is InChI=1S/C24H29Cl4N3O3S/c1-16-15-30(10-11-31(16)35(3,33)34)9-8-24(2,18-5-7-20(26)22(28)13-18)23(32)29-14-17-4-6-19(25)21(27)12-17/h4-7,12-13,16H,8-11,14-15H2,1-3H3,(H,29,32)/t16-,24+/m1/s1. The Balaban J connectivity index is 1.77. The van der Waals surface area contributed by atoms with E-state index in [1.807, 2.05) is 26.0 Å². The van der Waals surface area contributed by atoms with Gasteiger partial charge in [0.05, 0.1) is 31.8 Å². The second-order valence-corrected chi connectivity index (χ2v) is 12.7. The van der Waals surface area contributed by atoms with Crippen molar-refractivity contribution in [2.75, 3.05) is 32.4 Å². The van der Waals surface area contributed by atoms with E-state index in [1.54, 1.807) is 24.3 Å². The number of nitrogens with zero attached hydrogens (tertiary/aromatic N) is 2. The van der Waals surface area contributed by atoms with Gasteiger partial charge >= 0.3 is 0 Å². The number of rotatable bonds is 8. The van der Waals surface area contributed by atoms with Crippen molar-refractivity contribution in [3.8, 4) is 0 Å². The number of carbonyl (C=O) groups is 1. The third-order valence-electron chi connectivity index (χ3n) is 6.50. The van der Waals surface area contributed by atoms with E-state index in [4.69, 9.17) is 46.4 Å². The highest BCUT2D eigenvalue weighted by Gasteiger charge is 2.37. The molecule has 0 aromatic heterocycles. The Morgan fingerprint density at radius 1 is 1.03 bits per heavy atom. The molecule has 1 aliphatic heterocycles. The number of sulfonamides is 1. The number of nitrogens with one attached hydrogen (secondary N) is 1. The summed E-state index contributed by atoms with van der Waals surface area (Å²) in [6, 6.07) is 10.3. The molecule has 0 saturated carbocycles. The molecular weight excluding hydrogens is 552 g/mol. The first-order chi connectivity index (χ1) is 16.3. The minimum atomic E-state index is -3.25. The van der Waals surface area contributed by atoms with Crippen molar-refractivity contribution in [3.63, 3.8) is 0 Å². The monoisotopic (exact) mass is 579 g/mol. The molecule has 11 heteroatoms. The number of hydrogen-bond donors (Lipinski definition) is 1. The minimum Gasteiger partial charge on any atom is -0.351 e. The van der Waals surface area contributed by atoms with Crippen LogP contribution in [-0.4, -0.2) is 62.0 Å². The van der Waals surface area contributed by atoms with Gasteiger partial charge in [0.2, 0.25) is 15.9 Å². The fourth-order valence-corrected chi connectivity index (χ4v) is 6.10. The molecule has 192 valence electrons. The summed E-state index contributed by atoms with van der Waals surface area (Å²) in [5.74, 6) is -0.162. The molecule has 1 aliphatic rings. The molecule has 2 aromatic carbocycles. The van der Waals surface area contributed by atoms with Crippen LogP contribution in [0.25, 0.3) is 0 Å². The van der Waals surface area contributed by atoms with Gasteiger partial charge in [-0.3, -0.25) is 4.79 Å². The van der Waals surface area contributed by atoms with Crippen molar-refractivity contribution in [1.82, 2.24) is 14.5 Å². The lowest BCUT2D eigenvalue weighted by molar-refractivity contribution is -0.126. The SMILES string of the molecule is C[C@@H]1CN(CC[C@](C)(C(=O)NCc2ccc(Cl)c(Cl)c2)c2ccc(Cl)c(Cl)c2)CCN1S(C)(=O)=O. The Morgan fingerprint density at radius 3 is 2.23 bits per heavy atom. The molecule has 35 heavy (non-hydrogen) atoms. The number of halogens is 4. The van der Waals surface area contributed by atoms with E-state index in [0.29, 0.717) is 52.7 Å². The maximum atomic E-state index is 13.6. The first kappa shape index (κ1) is 28.5. The minimum absolute atomic E-state index is 0.140. The molecule has 6 nitrogen and oxygen atoms in total. The van der Waals surface area contributed by atoms with Gasteiger partial charge in [-0.25, -0.2) is 8.42 Å². The highest BCUT2D eigenvalue weighted by atomic mass is 35.5. The van der Waals surface area contributed by atoms with E-state index in [0.717, 1.165) is 11.1 Å². The van der Waals surface area contributed by atoms with Crippen molar-refractivity contribution in [2.45, 2.75) is 38.3 Å². The normalized spacial score (nSPS) is 19.3. The molecule has 1 fully saturated rings. The molecule has 0 bridgehead atoms. The topological polar surface area (TPSA) is 69.7 Å². The highest BCUT2D eigenvalue weighted by molar-refractivity contribution is 7.88. The van der Waals surface area contributed by atoms with Crippen LogP contribution in [-0.2, 0) is 26.8 Å². The summed E-state index contributed by atoms with van der Waals surface area (Å²) in [5.41, 5.74) is 0.679. The molecule has 1 heterocycles. The average Bonchev–Trinajstić information content (AvgIpc) is 2.79. The summed E-state index contributed by atoms with van der Waals surface area (Å²) in [5, 5.41) is 4.69. The Bertz CT molecular complexity index is 1190. The van der Waals surface area contributed by atoms with Crippen LogP contribution in [0, 0.1) is 0 Å². The third-order valence-corrected chi connectivity index (χ3v) is 9.37. The maximum absolute atomic E-state index is 13.6. The molecule has 0 radical (unpaired) electrons. The van der Waals surface area contributed by atoms with Crippen LogP contribution in [0.1, 0.15) is 31.4 Å². The second kappa shape index (κ2) is 11.5. The van der Waals surface area contributed by atoms with Crippen LogP contribution in [0.2, 0.25) is 20.1 Å². The van der Waals surface area contributed by atoms with Crippen molar-refractivity contribution >= 4 is 62.3 Å². The fourth-order valence-electron chi connectivity index (χ4n) is 4.35. The van der Waals surface area contributed by atoms with E-state index in [1.165, 1.54) is 10.6 Å². The molecule has 1 saturated heterocycles. The van der Waals surface area contributed by atoms with Crippen molar-refractivity contribution in [1.29, 1.82) is 0 Å². The highest BCUT2D eigenvalue weighted by Crippen LogP contribution is 2.34. The Kier molecular flexibility index (Phi) is 9.41. The van der Waals surface area contributed by atoms with E-state index < -0.39 is 15.4 Å². The van der Waals surface area contributed by atoms with Gasteiger partial charge in [0.25, 0.3) is 0 Å². The van der Waals surface area contributed by atoms with Crippen LogP contribution in [0.5, 0.6) is 0 Å². The first-order valence-electron chi connectivity index (χ1n) is 11.2. The summed E-state index contributed by atoms with van der Waals surface area (Å²) < 4.78 is 25.5. The number of carbonyl (C=O) groups excluding carboxylic acids is 1. The lowest BCUT2D eigenvalue weighted by Crippen LogP contribution is -2.54. The summed E-state index contributed by atoms with van der Waals surface area (Å²) >= 11 is 24.5. The van der Waals surface area contributed by atoms with Crippen LogP contribution in [0.15, 0.2) is 36.4 Å². The van der Waals surface area contributed by atoms with E-state index >= 15 is 0 Å². The lowest BCUT2D eigenvalue weighted by atomic mass is 9.78. The van der Waals surface area contributed by atoms with Crippen LogP contribution >= 0.6 is 46.4 Å². The lowest BCUT2D eigenvalue weighted by Gasteiger charge is -2.40. The van der Waals surface area contributed by atoms with Crippen LogP contribution in [0.3, 0.4) is 0 Å². The van der Waals surface area contributed by atoms with E-state index in [2.05, 4.69) is 10.2 Å². The molecule has 1 N–H and O–H groups in total. The number of benzene rings is 2. The summed E-state index contributed by atoms with van der Waals surface area (Å²) in [6.45, 7) is 6.29. The summed E-state index contributed by atoms with van der Waals surface area (Å²) in [6.07, 6.45) is 1.74. The Hall–Kier alpha value is -1.06. The predicted molar refractivity (Wildman–Crippen MR) is 144 cm³/mol. The number of amides is 1. The van der Waals surface area contributed by atoms with E-state index in [-0.39, 0.29) is 18.5 Å². The second-order valence-electron chi connectivity index (χ2n) is 9.17. The zero-order valence-electron chi connectivity index (χ0n) is 19.8. The van der Waals surface area contributed by atoms with Crippen molar-refractivity contribution < 1.29 is 13.2 Å². The molecule has 2 atom stereocenters. The number of piperazine rings is 1. The van der Waals surface area contributed by atoms with Crippen LogP contribution in [0.4, 0.5) is 0 Å². The van der Waals surface area contributed by atoms with E-state index in [9.17, 15) is 13.2 Å². The molecule has 0 unspecified atom stereocenters. The molecule has 0 aliphatic carbocycles. The van der Waals surface area contributed by atoms with Gasteiger partial charge in [0.15, 0.2) is 0 Å². The predicted octanol–water partition coefficient (Wildman–Crippen LogP) is 5.23. The first-order valence-corrected chi connectivity index (χ1v) is 14.5. The van der Waals surface area contributed by atoms with Gasteiger partial charge in [-0.05, 0) is 62.2 Å². The maximum Gasteiger partial charge on any atom is 0.230 e. The molecule has 2 aromatic rings. The zero-order chi connectivity index (χ0) is 26.0. The van der Waals surface area contributed by atoms with Gasteiger partial charge in [-0.15, -0.1) is 0 Å². The molecular formula is C24H29Cl4N3O3S. The van der Waals surface area contributed by atoms with Crippen molar-refractivity contribution in [2.24, 2.45) is 0 Å².